The van der Waals surface area contributed by atoms with E-state index in [1.54, 1.807) is 0 Å². The van der Waals surface area contributed by atoms with Crippen LogP contribution in [0.15, 0.2) is 158 Å². The molecule has 4 heterocycles. The van der Waals surface area contributed by atoms with Crippen molar-refractivity contribution in [3.05, 3.63) is 202 Å². The molecule has 2 aromatic heterocycles. The smallest absolute Gasteiger partial charge is 0.247 e. The molecule has 4 heteroatoms. The molecule has 2 aliphatic heterocycles. The molecular weight excluding hydrogens is 866 g/mol. The zero-order chi connectivity index (χ0) is 49.9. The number of nitrogens with zero attached hydrogens (tertiary/aromatic N) is 2. The Balaban J connectivity index is 1.17. The minimum absolute atomic E-state index is 0.0162. The molecule has 72 heavy (non-hydrogen) atoms. The highest BCUT2D eigenvalue weighted by Gasteiger charge is 2.41. The molecule has 0 spiro atoms. The van der Waals surface area contributed by atoms with Crippen LogP contribution in [0.2, 0.25) is 0 Å². The van der Waals surface area contributed by atoms with E-state index in [0.29, 0.717) is 0 Å². The highest BCUT2D eigenvalue weighted by Crippen LogP contribution is 2.40. The van der Waals surface area contributed by atoms with Crippen molar-refractivity contribution in [2.45, 2.75) is 93.9 Å². The Bertz CT molecular complexity index is 3790. The van der Waals surface area contributed by atoms with Crippen LogP contribution in [0.25, 0.3) is 77.2 Å². The zero-order valence-corrected chi connectivity index (χ0v) is 44.1. The molecule has 0 N–H and O–H groups in total. The quantitative estimate of drug-likeness (QED) is 0.156. The molecule has 0 bridgehead atoms. The fourth-order valence-electron chi connectivity index (χ4n) is 13.6. The average Bonchev–Trinajstić information content (AvgIpc) is 3.86. The minimum atomic E-state index is -0.0162. The lowest BCUT2D eigenvalue weighted by atomic mass is 9.32. The number of fused-ring (bicyclic) bond motifs is 10. The molecule has 0 radical (unpaired) electrons. The summed E-state index contributed by atoms with van der Waals surface area (Å²) in [5.74, 6) is 0. The molecule has 0 aliphatic carbocycles. The van der Waals surface area contributed by atoms with Crippen LogP contribution in [0.3, 0.4) is 0 Å². The van der Waals surface area contributed by atoms with Gasteiger partial charge in [0.2, 0.25) is 13.4 Å². The van der Waals surface area contributed by atoms with Gasteiger partial charge < -0.3 is 9.13 Å². The van der Waals surface area contributed by atoms with Crippen LogP contribution in [0, 0.1) is 41.5 Å². The molecular formula is C68H62B2N2. The van der Waals surface area contributed by atoms with Crippen molar-refractivity contribution in [2.24, 2.45) is 0 Å². The summed E-state index contributed by atoms with van der Waals surface area (Å²) in [7, 11) is 0. The molecule has 9 aromatic carbocycles. The Labute approximate surface area is 426 Å². The molecule has 0 amide bonds. The van der Waals surface area contributed by atoms with Crippen molar-refractivity contribution >= 4 is 89.8 Å². The van der Waals surface area contributed by atoms with Crippen LogP contribution in [0.5, 0.6) is 0 Å². The maximum absolute atomic E-state index is 2.65. The van der Waals surface area contributed by atoms with E-state index in [4.69, 9.17) is 0 Å². The van der Waals surface area contributed by atoms with Gasteiger partial charge >= 0.3 is 0 Å². The number of aromatic nitrogens is 2. The fourth-order valence-corrected chi connectivity index (χ4v) is 13.6. The largest absolute Gasteiger partial charge is 0.310 e. The molecule has 0 atom stereocenters. The minimum Gasteiger partial charge on any atom is -0.310 e. The average molecular weight is 929 g/mol. The maximum atomic E-state index is 2.65. The van der Waals surface area contributed by atoms with E-state index in [9.17, 15) is 0 Å². The predicted octanol–water partition coefficient (Wildman–Crippen LogP) is 13.3. The first-order valence-electron chi connectivity index (χ1n) is 26.1. The van der Waals surface area contributed by atoms with Crippen molar-refractivity contribution in [2.75, 3.05) is 0 Å². The number of rotatable bonds is 4. The Morgan fingerprint density at radius 1 is 0.333 bits per heavy atom. The fraction of sp³-hybridized carbons (Fsp3) is 0.206. The Morgan fingerprint density at radius 3 is 1.03 bits per heavy atom. The van der Waals surface area contributed by atoms with Crippen LogP contribution in [-0.4, -0.2) is 22.6 Å². The Morgan fingerprint density at radius 2 is 0.681 bits per heavy atom. The Hall–Kier alpha value is -7.29. The van der Waals surface area contributed by atoms with Gasteiger partial charge in [-0.1, -0.05) is 207 Å². The molecule has 0 unspecified atom stereocenters. The second kappa shape index (κ2) is 15.6. The number of hydrogen-bond acceptors (Lipinski definition) is 0. The van der Waals surface area contributed by atoms with Crippen LogP contribution < -0.4 is 32.8 Å². The SMILES string of the molecule is Cc1cc(C)c(B2c3cc4c(cc3-n3c5ccccc5c5cc(-c6ccc(C(C)(C)C)cc6)cc2c53)B(c2c(C)cc(C)cc2C)c2cc(-c3ccc(C(C)(C)C)cc3)cc3c5ccccc5n-4c23)c(C)c1. The number of para-hydroxylation sites is 2. The van der Waals surface area contributed by atoms with Gasteiger partial charge in [0.25, 0.3) is 0 Å². The summed E-state index contributed by atoms with van der Waals surface area (Å²) < 4.78 is 5.30. The zero-order valence-electron chi connectivity index (χ0n) is 44.1. The molecule has 11 aromatic rings. The summed E-state index contributed by atoms with van der Waals surface area (Å²) in [6.45, 7) is 27.6. The lowest BCUT2D eigenvalue weighted by Crippen LogP contribution is -2.61. The van der Waals surface area contributed by atoms with Crippen LogP contribution in [-0.2, 0) is 10.8 Å². The topological polar surface area (TPSA) is 9.86 Å². The second-order valence-electron chi connectivity index (χ2n) is 23.7. The van der Waals surface area contributed by atoms with Crippen LogP contribution in [0.1, 0.15) is 86.1 Å². The lowest BCUT2D eigenvalue weighted by Gasteiger charge is -2.34. The second-order valence-corrected chi connectivity index (χ2v) is 23.7. The lowest BCUT2D eigenvalue weighted by molar-refractivity contribution is 0.590. The third kappa shape index (κ3) is 6.57. The van der Waals surface area contributed by atoms with Crippen molar-refractivity contribution in [3.8, 4) is 33.6 Å². The summed E-state index contributed by atoms with van der Waals surface area (Å²) in [5, 5.41) is 5.19. The number of benzene rings is 9. The number of hydrogen-bond donors (Lipinski definition) is 0. The summed E-state index contributed by atoms with van der Waals surface area (Å²) in [4.78, 5) is 0. The normalized spacial score (nSPS) is 13.2. The van der Waals surface area contributed by atoms with Gasteiger partial charge in [-0.25, -0.2) is 0 Å². The van der Waals surface area contributed by atoms with Gasteiger partial charge in [0.05, 0.1) is 11.0 Å². The maximum Gasteiger partial charge on any atom is 0.247 e. The van der Waals surface area contributed by atoms with E-state index >= 15 is 0 Å². The van der Waals surface area contributed by atoms with Gasteiger partial charge in [0, 0.05) is 44.0 Å². The first-order chi connectivity index (χ1) is 34.4. The van der Waals surface area contributed by atoms with Gasteiger partial charge in [0.15, 0.2) is 0 Å². The molecule has 0 fully saturated rings. The highest BCUT2D eigenvalue weighted by atomic mass is 15.0. The van der Waals surface area contributed by atoms with Crippen molar-refractivity contribution < 1.29 is 0 Å². The van der Waals surface area contributed by atoms with Gasteiger partial charge in [-0.15, -0.1) is 0 Å². The predicted molar refractivity (Wildman–Crippen MR) is 314 cm³/mol. The molecule has 350 valence electrons. The van der Waals surface area contributed by atoms with Crippen molar-refractivity contribution in [1.82, 2.24) is 9.13 Å². The Kier molecular flexibility index (Phi) is 9.67. The third-order valence-corrected chi connectivity index (χ3v) is 16.7. The highest BCUT2D eigenvalue weighted by molar-refractivity contribution is 7.00. The summed E-state index contributed by atoms with van der Waals surface area (Å²) in [5.41, 5.74) is 31.7. The first kappa shape index (κ1) is 44.6. The summed E-state index contributed by atoms with van der Waals surface area (Å²) in [6, 6.07) is 62.0. The molecule has 2 nitrogen and oxygen atoms in total. The van der Waals surface area contributed by atoms with Gasteiger partial charge in [-0.2, -0.15) is 0 Å². The van der Waals surface area contributed by atoms with Crippen LogP contribution >= 0.6 is 0 Å². The monoisotopic (exact) mass is 929 g/mol. The van der Waals surface area contributed by atoms with Crippen LogP contribution in [0.4, 0.5) is 0 Å². The van der Waals surface area contributed by atoms with Gasteiger partial charge in [0.1, 0.15) is 0 Å². The van der Waals surface area contributed by atoms with E-state index in [0.717, 1.165) is 0 Å². The molecule has 0 saturated carbocycles. The standard InChI is InChI=1S/C68H62B2N2/c1-39-29-41(3)63(42(4)30-39)69-55-37-62-56(38-61(55)71-59-19-15-13-17-51(59)53-33-47(35-57(69)65(53)71)45-21-25-49(26-22-45)67(7,8)9)70(64-43(5)31-40(2)32-44(64)6)58-36-48(46-23-27-50(28-24-46)68(10,11)12)34-54-52-18-14-16-20-60(52)72(62)66(54)58/h13-38H,1-12H3. The summed E-state index contributed by atoms with van der Waals surface area (Å²) >= 11 is 0. The molecule has 13 rings (SSSR count). The third-order valence-electron chi connectivity index (χ3n) is 16.7. The first-order valence-corrected chi connectivity index (χ1v) is 26.1. The van der Waals surface area contributed by atoms with E-state index in [-0.39, 0.29) is 24.3 Å². The van der Waals surface area contributed by atoms with E-state index in [1.165, 1.54) is 155 Å². The van der Waals surface area contributed by atoms with Crippen molar-refractivity contribution in [1.29, 1.82) is 0 Å². The molecule has 0 saturated heterocycles. The molecule has 2 aliphatic rings. The number of aryl methyl sites for hydroxylation is 6. The summed E-state index contributed by atoms with van der Waals surface area (Å²) in [6.07, 6.45) is 0. The van der Waals surface area contributed by atoms with Gasteiger partial charge in [-0.3, -0.25) is 0 Å². The van der Waals surface area contributed by atoms with E-state index in [2.05, 4.69) is 250 Å². The van der Waals surface area contributed by atoms with Crippen molar-refractivity contribution in [3.63, 3.8) is 0 Å². The van der Waals surface area contributed by atoms with E-state index < -0.39 is 0 Å². The van der Waals surface area contributed by atoms with Gasteiger partial charge in [-0.05, 0) is 144 Å². The van der Waals surface area contributed by atoms with E-state index in [1.807, 2.05) is 0 Å².